The zero-order valence-electron chi connectivity index (χ0n) is 10.7. The molecule has 0 radical (unpaired) electrons. The fourth-order valence-electron chi connectivity index (χ4n) is 1.67. The van der Waals surface area contributed by atoms with Crippen LogP contribution in [0.15, 0.2) is 24.3 Å². The zero-order valence-corrected chi connectivity index (χ0v) is 11.5. The Hall–Kier alpha value is -1.09. The van der Waals surface area contributed by atoms with Gasteiger partial charge in [0, 0.05) is 6.54 Å². The lowest BCUT2D eigenvalue weighted by molar-refractivity contribution is -0.120. The molecule has 1 unspecified atom stereocenters. The third kappa shape index (κ3) is 6.01. The van der Waals surface area contributed by atoms with Crippen molar-refractivity contribution in [2.75, 3.05) is 6.54 Å². The third-order valence-electron chi connectivity index (χ3n) is 2.53. The Balaban J connectivity index is 2.31. The van der Waals surface area contributed by atoms with Gasteiger partial charge in [-0.05, 0) is 30.0 Å². The van der Waals surface area contributed by atoms with Crippen LogP contribution in [0.4, 0.5) is 4.39 Å². The predicted molar refractivity (Wildman–Crippen MR) is 72.2 cm³/mol. The highest BCUT2D eigenvalue weighted by atomic mass is 35.5. The zero-order chi connectivity index (χ0) is 13.5. The van der Waals surface area contributed by atoms with Crippen molar-refractivity contribution in [3.63, 3.8) is 0 Å². The summed E-state index contributed by atoms with van der Waals surface area (Å²) in [6, 6.07) is 5.93. The van der Waals surface area contributed by atoms with Crippen LogP contribution in [0, 0.1) is 11.7 Å². The van der Waals surface area contributed by atoms with Gasteiger partial charge in [0.15, 0.2) is 0 Å². The summed E-state index contributed by atoms with van der Waals surface area (Å²) in [5, 5.41) is 2.75. The van der Waals surface area contributed by atoms with E-state index in [1.54, 1.807) is 12.1 Å². The van der Waals surface area contributed by atoms with Crippen molar-refractivity contribution in [1.29, 1.82) is 0 Å². The van der Waals surface area contributed by atoms with Crippen molar-refractivity contribution in [3.05, 3.63) is 35.6 Å². The fourth-order valence-corrected chi connectivity index (χ4v) is 2.10. The molecule has 0 aliphatic rings. The molecule has 18 heavy (non-hydrogen) atoms. The van der Waals surface area contributed by atoms with Gasteiger partial charge in [-0.15, -0.1) is 11.6 Å². The monoisotopic (exact) mass is 271 g/mol. The Labute approximate surface area is 113 Å². The van der Waals surface area contributed by atoms with Gasteiger partial charge in [0.1, 0.15) is 5.82 Å². The van der Waals surface area contributed by atoms with Crippen molar-refractivity contribution >= 4 is 17.5 Å². The lowest BCUT2D eigenvalue weighted by Gasteiger charge is -2.12. The summed E-state index contributed by atoms with van der Waals surface area (Å²) >= 11 is 6.08. The Morgan fingerprint density at radius 3 is 2.50 bits per heavy atom. The molecule has 0 saturated heterocycles. The molecular weight excluding hydrogens is 253 g/mol. The van der Waals surface area contributed by atoms with Crippen LogP contribution in [0.1, 0.15) is 25.8 Å². The van der Waals surface area contributed by atoms with Crippen LogP contribution < -0.4 is 5.32 Å². The van der Waals surface area contributed by atoms with E-state index in [0.717, 1.165) is 12.0 Å². The van der Waals surface area contributed by atoms with Crippen LogP contribution in [-0.4, -0.2) is 17.8 Å². The van der Waals surface area contributed by atoms with Gasteiger partial charge in [0.05, 0.1) is 11.8 Å². The molecular formula is C14H19ClFNO. The van der Waals surface area contributed by atoms with Crippen molar-refractivity contribution in [2.24, 2.45) is 5.92 Å². The van der Waals surface area contributed by atoms with Crippen molar-refractivity contribution in [1.82, 2.24) is 5.32 Å². The van der Waals surface area contributed by atoms with E-state index in [9.17, 15) is 9.18 Å². The average molecular weight is 272 g/mol. The van der Waals surface area contributed by atoms with Crippen LogP contribution in [0.25, 0.3) is 0 Å². The molecule has 100 valence electrons. The quantitative estimate of drug-likeness (QED) is 0.792. The third-order valence-corrected chi connectivity index (χ3v) is 2.86. The molecule has 1 atom stereocenters. The highest BCUT2D eigenvalue weighted by Gasteiger charge is 2.09. The molecule has 0 aliphatic carbocycles. The molecule has 1 aromatic carbocycles. The van der Waals surface area contributed by atoms with Gasteiger partial charge < -0.3 is 5.32 Å². The second-order valence-corrected chi connectivity index (χ2v) is 5.45. The van der Waals surface area contributed by atoms with E-state index < -0.39 is 0 Å². The number of nitrogens with one attached hydrogen (secondary N) is 1. The molecule has 1 aromatic rings. The van der Waals surface area contributed by atoms with E-state index in [-0.39, 0.29) is 23.5 Å². The largest absolute Gasteiger partial charge is 0.354 e. The SMILES string of the molecule is CC(C)CC(Cl)CNC(=O)Cc1ccc(F)cc1. The smallest absolute Gasteiger partial charge is 0.224 e. The van der Waals surface area contributed by atoms with Crippen LogP contribution in [-0.2, 0) is 11.2 Å². The van der Waals surface area contributed by atoms with Crippen molar-refractivity contribution in [2.45, 2.75) is 32.1 Å². The predicted octanol–water partition coefficient (Wildman–Crippen LogP) is 3.14. The van der Waals surface area contributed by atoms with E-state index in [1.807, 2.05) is 0 Å². The molecule has 1 rings (SSSR count). The summed E-state index contributed by atoms with van der Waals surface area (Å²) in [5.74, 6) is 0.134. The van der Waals surface area contributed by atoms with Crippen LogP contribution in [0.3, 0.4) is 0 Å². The summed E-state index contributed by atoms with van der Waals surface area (Å²) in [6.45, 7) is 4.66. The van der Waals surface area contributed by atoms with Gasteiger partial charge in [-0.1, -0.05) is 26.0 Å². The van der Waals surface area contributed by atoms with E-state index in [0.29, 0.717) is 12.5 Å². The lowest BCUT2D eigenvalue weighted by Crippen LogP contribution is -2.31. The van der Waals surface area contributed by atoms with Crippen LogP contribution in [0.5, 0.6) is 0 Å². The summed E-state index contributed by atoms with van der Waals surface area (Å²) in [5.41, 5.74) is 0.795. The first kappa shape index (κ1) is 15.0. The molecule has 0 bridgehead atoms. The van der Waals surface area contributed by atoms with Gasteiger partial charge in [-0.3, -0.25) is 4.79 Å². The van der Waals surface area contributed by atoms with E-state index >= 15 is 0 Å². The number of alkyl halides is 1. The lowest BCUT2D eigenvalue weighted by atomic mass is 10.1. The first-order valence-corrected chi connectivity index (χ1v) is 6.56. The van der Waals surface area contributed by atoms with Crippen LogP contribution >= 0.6 is 11.6 Å². The second kappa shape index (κ2) is 7.37. The number of halogens is 2. The van der Waals surface area contributed by atoms with Gasteiger partial charge >= 0.3 is 0 Å². The van der Waals surface area contributed by atoms with E-state index in [1.165, 1.54) is 12.1 Å². The number of benzene rings is 1. The standard InChI is InChI=1S/C14H19ClFNO/c1-10(2)7-12(15)9-17-14(18)8-11-3-5-13(16)6-4-11/h3-6,10,12H,7-9H2,1-2H3,(H,17,18). The summed E-state index contributed by atoms with van der Waals surface area (Å²) in [6.07, 6.45) is 1.13. The maximum atomic E-state index is 12.7. The topological polar surface area (TPSA) is 29.1 Å². The van der Waals surface area contributed by atoms with Crippen molar-refractivity contribution in [3.8, 4) is 0 Å². The molecule has 4 heteroatoms. The molecule has 2 nitrogen and oxygen atoms in total. The minimum Gasteiger partial charge on any atom is -0.354 e. The summed E-state index contributed by atoms with van der Waals surface area (Å²) in [4.78, 5) is 11.6. The summed E-state index contributed by atoms with van der Waals surface area (Å²) < 4.78 is 12.7. The number of hydrogen-bond acceptors (Lipinski definition) is 1. The molecule has 1 N–H and O–H groups in total. The van der Waals surface area contributed by atoms with Gasteiger partial charge in [-0.25, -0.2) is 4.39 Å². The van der Waals surface area contributed by atoms with Gasteiger partial charge in [-0.2, -0.15) is 0 Å². The molecule has 0 spiro atoms. The molecule has 0 aliphatic heterocycles. The maximum absolute atomic E-state index is 12.7. The Bertz CT molecular complexity index is 378. The first-order valence-electron chi connectivity index (χ1n) is 6.12. The van der Waals surface area contributed by atoms with Crippen LogP contribution in [0.2, 0.25) is 0 Å². The highest BCUT2D eigenvalue weighted by molar-refractivity contribution is 6.20. The summed E-state index contributed by atoms with van der Waals surface area (Å²) in [7, 11) is 0. The Kier molecular flexibility index (Phi) is 6.13. The van der Waals surface area contributed by atoms with Gasteiger partial charge in [0.2, 0.25) is 5.91 Å². The number of amides is 1. The Morgan fingerprint density at radius 2 is 1.94 bits per heavy atom. The second-order valence-electron chi connectivity index (χ2n) is 4.83. The Morgan fingerprint density at radius 1 is 1.33 bits per heavy atom. The van der Waals surface area contributed by atoms with E-state index in [4.69, 9.17) is 11.6 Å². The minimum absolute atomic E-state index is 0.0397. The van der Waals surface area contributed by atoms with Crippen molar-refractivity contribution < 1.29 is 9.18 Å². The molecule has 0 fully saturated rings. The number of hydrogen-bond donors (Lipinski definition) is 1. The average Bonchev–Trinajstić information content (AvgIpc) is 2.29. The maximum Gasteiger partial charge on any atom is 0.224 e. The van der Waals surface area contributed by atoms with Gasteiger partial charge in [0.25, 0.3) is 0 Å². The molecule has 0 saturated carbocycles. The number of carbonyl (C=O) groups is 1. The fraction of sp³-hybridized carbons (Fsp3) is 0.500. The number of rotatable bonds is 6. The molecule has 0 heterocycles. The normalized spacial score (nSPS) is 12.5. The number of carbonyl (C=O) groups excluding carboxylic acids is 1. The van der Waals surface area contributed by atoms with E-state index in [2.05, 4.69) is 19.2 Å². The minimum atomic E-state index is -0.295. The molecule has 0 aromatic heterocycles. The highest BCUT2D eigenvalue weighted by Crippen LogP contribution is 2.09. The first-order chi connectivity index (χ1) is 8.47. The molecule has 1 amide bonds.